The Morgan fingerprint density at radius 2 is 2.00 bits per heavy atom. The molecule has 1 atom stereocenters. The number of carbonyl (C=O) groups is 3. The number of hydrogen-bond donors (Lipinski definition) is 1. The molecule has 0 aliphatic carbocycles. The minimum Gasteiger partial charge on any atom is -0.469 e. The Kier molecular flexibility index (Phi) is 5.14. The molecule has 0 unspecified atom stereocenters. The summed E-state index contributed by atoms with van der Waals surface area (Å²) in [5, 5.41) is 2.79. The number of esters is 1. The lowest BCUT2D eigenvalue weighted by molar-refractivity contribution is -0.145. The lowest BCUT2D eigenvalue weighted by Gasteiger charge is -2.17. The highest BCUT2D eigenvalue weighted by Gasteiger charge is 2.35. The van der Waals surface area contributed by atoms with Crippen molar-refractivity contribution in [3.05, 3.63) is 24.3 Å². The van der Waals surface area contributed by atoms with Crippen molar-refractivity contribution in [1.29, 1.82) is 0 Å². The molecule has 0 saturated carbocycles. The maximum absolute atomic E-state index is 12.0. The molecule has 2 rings (SSSR count). The van der Waals surface area contributed by atoms with E-state index in [0.29, 0.717) is 24.3 Å². The first kappa shape index (κ1) is 16.0. The lowest BCUT2D eigenvalue weighted by Crippen LogP contribution is -2.26. The Hall–Kier alpha value is -2.37. The highest BCUT2D eigenvalue weighted by atomic mass is 16.5. The van der Waals surface area contributed by atoms with Crippen LogP contribution in [0.25, 0.3) is 0 Å². The highest BCUT2D eigenvalue weighted by Crippen LogP contribution is 2.26. The fourth-order valence-corrected chi connectivity index (χ4v) is 2.46. The maximum atomic E-state index is 12.0. The average Bonchev–Trinajstić information content (AvgIpc) is 2.89. The van der Waals surface area contributed by atoms with Gasteiger partial charge < -0.3 is 15.0 Å². The molecule has 1 fully saturated rings. The van der Waals surface area contributed by atoms with Gasteiger partial charge in [-0.05, 0) is 30.7 Å². The normalized spacial score (nSPS) is 17.5. The number of methoxy groups -OCH3 is 1. The molecule has 1 saturated heterocycles. The molecule has 1 aliphatic rings. The molecule has 1 aromatic rings. The topological polar surface area (TPSA) is 75.7 Å². The zero-order valence-corrected chi connectivity index (χ0v) is 12.8. The van der Waals surface area contributed by atoms with Crippen molar-refractivity contribution < 1.29 is 19.1 Å². The molecule has 0 radical (unpaired) electrons. The van der Waals surface area contributed by atoms with E-state index in [1.165, 1.54) is 7.11 Å². The second-order valence-electron chi connectivity index (χ2n) is 5.27. The van der Waals surface area contributed by atoms with Crippen LogP contribution in [0.1, 0.15) is 26.2 Å². The summed E-state index contributed by atoms with van der Waals surface area (Å²) < 4.78 is 4.69. The SMILES string of the molecule is CCCC(=O)Nc1ccc(N2C[C@H](C(=O)OC)CC2=O)cc1. The fraction of sp³-hybridized carbons (Fsp3) is 0.438. The third-order valence-corrected chi connectivity index (χ3v) is 3.60. The van der Waals surface area contributed by atoms with Crippen molar-refractivity contribution in [2.75, 3.05) is 23.9 Å². The van der Waals surface area contributed by atoms with Crippen molar-refractivity contribution in [3.8, 4) is 0 Å². The number of amides is 2. The standard InChI is InChI=1S/C16H20N2O4/c1-3-4-14(19)17-12-5-7-13(8-6-12)18-10-11(9-15(18)20)16(21)22-2/h5-8,11H,3-4,9-10H2,1-2H3,(H,17,19)/t11-/m1/s1. The van der Waals surface area contributed by atoms with E-state index >= 15 is 0 Å². The van der Waals surface area contributed by atoms with E-state index in [9.17, 15) is 14.4 Å². The van der Waals surface area contributed by atoms with Crippen LogP contribution in [0.5, 0.6) is 0 Å². The number of carbonyl (C=O) groups excluding carboxylic acids is 3. The van der Waals surface area contributed by atoms with Gasteiger partial charge in [0, 0.05) is 30.8 Å². The third-order valence-electron chi connectivity index (χ3n) is 3.60. The number of ether oxygens (including phenoxy) is 1. The molecule has 22 heavy (non-hydrogen) atoms. The van der Waals surface area contributed by atoms with Gasteiger partial charge in [-0.2, -0.15) is 0 Å². The Bertz CT molecular complexity index is 568. The summed E-state index contributed by atoms with van der Waals surface area (Å²) in [6.45, 7) is 2.27. The zero-order valence-electron chi connectivity index (χ0n) is 12.8. The molecular formula is C16H20N2O4. The van der Waals surface area contributed by atoms with E-state index in [2.05, 4.69) is 10.1 Å². The number of benzene rings is 1. The highest BCUT2D eigenvalue weighted by molar-refractivity contribution is 5.99. The molecule has 1 aromatic carbocycles. The van der Waals surface area contributed by atoms with Crippen molar-refractivity contribution in [1.82, 2.24) is 0 Å². The lowest BCUT2D eigenvalue weighted by atomic mass is 10.1. The van der Waals surface area contributed by atoms with Gasteiger partial charge in [0.2, 0.25) is 11.8 Å². The number of nitrogens with one attached hydrogen (secondary N) is 1. The molecule has 6 nitrogen and oxygen atoms in total. The molecule has 1 heterocycles. The second-order valence-corrected chi connectivity index (χ2v) is 5.27. The number of anilines is 2. The van der Waals surface area contributed by atoms with E-state index in [-0.39, 0.29) is 24.2 Å². The monoisotopic (exact) mass is 304 g/mol. The summed E-state index contributed by atoms with van der Waals surface area (Å²) in [5.74, 6) is -0.905. The Balaban J connectivity index is 2.03. The van der Waals surface area contributed by atoms with Crippen LogP contribution in [-0.2, 0) is 19.1 Å². The van der Waals surface area contributed by atoms with Crippen LogP contribution < -0.4 is 10.2 Å². The van der Waals surface area contributed by atoms with Crippen LogP contribution in [0.3, 0.4) is 0 Å². The average molecular weight is 304 g/mol. The van der Waals surface area contributed by atoms with E-state index in [1.54, 1.807) is 29.2 Å². The van der Waals surface area contributed by atoms with Crippen LogP contribution in [0.4, 0.5) is 11.4 Å². The quantitative estimate of drug-likeness (QED) is 0.844. The molecule has 118 valence electrons. The summed E-state index contributed by atoms with van der Waals surface area (Å²) in [7, 11) is 1.32. The van der Waals surface area contributed by atoms with Crippen LogP contribution in [0, 0.1) is 5.92 Å². The first-order valence-corrected chi connectivity index (χ1v) is 7.33. The maximum Gasteiger partial charge on any atom is 0.311 e. The Morgan fingerprint density at radius 3 is 2.59 bits per heavy atom. The Labute approximate surface area is 129 Å². The van der Waals surface area contributed by atoms with Crippen molar-refractivity contribution in [2.24, 2.45) is 5.92 Å². The molecule has 0 spiro atoms. The summed E-state index contributed by atoms with van der Waals surface area (Å²) in [6, 6.07) is 7.03. The molecule has 6 heteroatoms. The number of rotatable bonds is 5. The summed E-state index contributed by atoms with van der Waals surface area (Å²) in [4.78, 5) is 36.6. The Morgan fingerprint density at radius 1 is 1.32 bits per heavy atom. The predicted molar refractivity (Wildman–Crippen MR) is 82.5 cm³/mol. The molecule has 1 N–H and O–H groups in total. The molecule has 2 amide bonds. The predicted octanol–water partition coefficient (Wildman–Crippen LogP) is 1.95. The van der Waals surface area contributed by atoms with Gasteiger partial charge in [-0.15, -0.1) is 0 Å². The van der Waals surface area contributed by atoms with Gasteiger partial charge in [-0.25, -0.2) is 0 Å². The number of nitrogens with zero attached hydrogens (tertiary/aromatic N) is 1. The summed E-state index contributed by atoms with van der Waals surface area (Å²) >= 11 is 0. The fourth-order valence-electron chi connectivity index (χ4n) is 2.46. The van der Waals surface area contributed by atoms with E-state index in [4.69, 9.17) is 0 Å². The summed E-state index contributed by atoms with van der Waals surface area (Å²) in [5.41, 5.74) is 1.41. The first-order valence-electron chi connectivity index (χ1n) is 7.33. The van der Waals surface area contributed by atoms with Gasteiger partial charge in [0.15, 0.2) is 0 Å². The van der Waals surface area contributed by atoms with Crippen molar-refractivity contribution in [2.45, 2.75) is 26.2 Å². The van der Waals surface area contributed by atoms with Gasteiger partial charge in [0.05, 0.1) is 13.0 Å². The van der Waals surface area contributed by atoms with E-state index in [1.807, 2.05) is 6.92 Å². The first-order chi connectivity index (χ1) is 10.5. The van der Waals surface area contributed by atoms with Crippen LogP contribution in [-0.4, -0.2) is 31.4 Å². The van der Waals surface area contributed by atoms with Crippen molar-refractivity contribution >= 4 is 29.2 Å². The second kappa shape index (κ2) is 7.06. The van der Waals surface area contributed by atoms with Gasteiger partial charge in [0.25, 0.3) is 0 Å². The largest absolute Gasteiger partial charge is 0.469 e. The van der Waals surface area contributed by atoms with Crippen molar-refractivity contribution in [3.63, 3.8) is 0 Å². The van der Waals surface area contributed by atoms with Gasteiger partial charge >= 0.3 is 5.97 Å². The van der Waals surface area contributed by atoms with Gasteiger partial charge in [-0.1, -0.05) is 6.92 Å². The molecule has 0 aromatic heterocycles. The third kappa shape index (κ3) is 3.63. The van der Waals surface area contributed by atoms with Gasteiger partial charge in [0.1, 0.15) is 0 Å². The van der Waals surface area contributed by atoms with Crippen LogP contribution in [0.2, 0.25) is 0 Å². The van der Waals surface area contributed by atoms with Crippen LogP contribution >= 0.6 is 0 Å². The molecular weight excluding hydrogens is 284 g/mol. The zero-order chi connectivity index (χ0) is 16.1. The molecule has 1 aliphatic heterocycles. The minimum absolute atomic E-state index is 0.0294. The van der Waals surface area contributed by atoms with Crippen LogP contribution in [0.15, 0.2) is 24.3 Å². The van der Waals surface area contributed by atoms with E-state index < -0.39 is 5.92 Å². The minimum atomic E-state index is -0.415. The van der Waals surface area contributed by atoms with Gasteiger partial charge in [-0.3, -0.25) is 14.4 Å². The smallest absolute Gasteiger partial charge is 0.311 e. The number of hydrogen-bond acceptors (Lipinski definition) is 4. The summed E-state index contributed by atoms with van der Waals surface area (Å²) in [6.07, 6.45) is 1.44. The molecule has 0 bridgehead atoms. The van der Waals surface area contributed by atoms with E-state index in [0.717, 1.165) is 6.42 Å².